The molecule has 0 atom stereocenters. The van der Waals surface area contributed by atoms with Crippen molar-refractivity contribution < 1.29 is 26.4 Å². The molecule has 1 amide bonds. The van der Waals surface area contributed by atoms with Crippen LogP contribution in [0.5, 0.6) is 0 Å². The van der Waals surface area contributed by atoms with Gasteiger partial charge in [-0.2, -0.15) is 13.2 Å². The van der Waals surface area contributed by atoms with E-state index in [1.54, 1.807) is 19.1 Å². The van der Waals surface area contributed by atoms with Crippen molar-refractivity contribution in [3.05, 3.63) is 87.9 Å². The van der Waals surface area contributed by atoms with E-state index in [1.165, 1.54) is 12.1 Å². The zero-order valence-electron chi connectivity index (χ0n) is 16.9. The molecule has 3 aromatic rings. The van der Waals surface area contributed by atoms with E-state index in [9.17, 15) is 26.4 Å². The lowest BCUT2D eigenvalue weighted by Gasteiger charge is -2.14. The highest BCUT2D eigenvalue weighted by molar-refractivity contribution is 7.92. The lowest BCUT2D eigenvalue weighted by Crippen LogP contribution is -2.17. The zero-order chi connectivity index (χ0) is 23.7. The van der Waals surface area contributed by atoms with Crippen molar-refractivity contribution >= 4 is 38.9 Å². The van der Waals surface area contributed by atoms with Gasteiger partial charge in [0, 0.05) is 11.3 Å². The van der Waals surface area contributed by atoms with Gasteiger partial charge in [0.2, 0.25) is 0 Å². The van der Waals surface area contributed by atoms with Gasteiger partial charge in [-0.15, -0.1) is 0 Å². The minimum Gasteiger partial charge on any atom is -0.322 e. The molecule has 0 aromatic heterocycles. The monoisotopic (exact) mass is 482 g/mol. The second-order valence-electron chi connectivity index (χ2n) is 7.03. The fourth-order valence-corrected chi connectivity index (χ4v) is 4.51. The fraction of sp³-hybridized carbons (Fsp3) is 0.136. The molecule has 2 N–H and O–H groups in total. The summed E-state index contributed by atoms with van der Waals surface area (Å²) < 4.78 is 66.3. The average molecular weight is 483 g/mol. The molecule has 0 saturated heterocycles. The van der Waals surface area contributed by atoms with Crippen molar-refractivity contribution in [1.29, 1.82) is 0 Å². The first-order valence-electron chi connectivity index (χ1n) is 9.26. The van der Waals surface area contributed by atoms with Crippen molar-refractivity contribution in [1.82, 2.24) is 0 Å². The molecular formula is C22H18ClF3N2O3S. The third-order valence-corrected chi connectivity index (χ3v) is 6.65. The molecule has 0 fully saturated rings. The van der Waals surface area contributed by atoms with Crippen LogP contribution < -0.4 is 10.0 Å². The van der Waals surface area contributed by atoms with Crippen molar-refractivity contribution in [2.24, 2.45) is 0 Å². The number of alkyl halides is 3. The Morgan fingerprint density at radius 2 is 1.62 bits per heavy atom. The van der Waals surface area contributed by atoms with E-state index in [4.69, 9.17) is 11.6 Å². The lowest BCUT2D eigenvalue weighted by molar-refractivity contribution is -0.137. The second-order valence-corrected chi connectivity index (χ2v) is 9.09. The van der Waals surface area contributed by atoms with Crippen LogP contribution in [0.25, 0.3) is 0 Å². The SMILES string of the molecule is Cc1cccc(NS(=O)(=O)c2cc(C(=O)Nc3ccc(C(F)(F)F)cc3)ccc2Cl)c1C. The summed E-state index contributed by atoms with van der Waals surface area (Å²) in [6.45, 7) is 3.61. The predicted molar refractivity (Wildman–Crippen MR) is 118 cm³/mol. The molecule has 0 aliphatic heterocycles. The van der Waals surface area contributed by atoms with E-state index in [-0.39, 0.29) is 21.2 Å². The van der Waals surface area contributed by atoms with Gasteiger partial charge in [-0.05, 0) is 73.5 Å². The van der Waals surface area contributed by atoms with E-state index in [2.05, 4.69) is 10.0 Å². The van der Waals surface area contributed by atoms with Crippen LogP contribution in [0.3, 0.4) is 0 Å². The summed E-state index contributed by atoms with van der Waals surface area (Å²) in [6.07, 6.45) is -4.50. The topological polar surface area (TPSA) is 75.3 Å². The fourth-order valence-electron chi connectivity index (χ4n) is 2.86. The van der Waals surface area contributed by atoms with Crippen molar-refractivity contribution in [2.45, 2.75) is 24.9 Å². The summed E-state index contributed by atoms with van der Waals surface area (Å²) in [5.41, 5.74) is 1.24. The van der Waals surface area contributed by atoms with Crippen molar-refractivity contribution in [3.8, 4) is 0 Å². The summed E-state index contributed by atoms with van der Waals surface area (Å²) in [5.74, 6) is -0.704. The number of amides is 1. The Kier molecular flexibility index (Phi) is 6.52. The minimum absolute atomic E-state index is 0.0318. The molecule has 0 radical (unpaired) electrons. The predicted octanol–water partition coefficient (Wildman–Crippen LogP) is 6.03. The molecule has 0 aliphatic rings. The van der Waals surface area contributed by atoms with Gasteiger partial charge in [-0.3, -0.25) is 9.52 Å². The Bertz CT molecular complexity index is 1270. The van der Waals surface area contributed by atoms with Crippen molar-refractivity contribution in [3.63, 3.8) is 0 Å². The third-order valence-electron chi connectivity index (χ3n) is 4.80. The number of benzene rings is 3. The Hall–Kier alpha value is -3.04. The smallest absolute Gasteiger partial charge is 0.322 e. The number of carbonyl (C=O) groups is 1. The molecule has 0 bridgehead atoms. The largest absolute Gasteiger partial charge is 0.416 e. The van der Waals surface area contributed by atoms with Gasteiger partial charge < -0.3 is 5.32 Å². The minimum atomic E-state index is -4.50. The first kappa shape index (κ1) is 23.6. The number of anilines is 2. The Morgan fingerprint density at radius 1 is 0.969 bits per heavy atom. The number of hydrogen-bond donors (Lipinski definition) is 2. The van der Waals surface area contributed by atoms with Crippen LogP contribution in [0.2, 0.25) is 5.02 Å². The van der Waals surface area contributed by atoms with E-state index < -0.39 is 27.7 Å². The van der Waals surface area contributed by atoms with Crippen LogP contribution in [-0.4, -0.2) is 14.3 Å². The molecule has 0 saturated carbocycles. The molecule has 0 spiro atoms. The lowest BCUT2D eigenvalue weighted by atomic mass is 10.1. The molecule has 5 nitrogen and oxygen atoms in total. The van der Waals surface area contributed by atoms with Crippen LogP contribution in [0.4, 0.5) is 24.5 Å². The number of hydrogen-bond acceptors (Lipinski definition) is 3. The molecule has 32 heavy (non-hydrogen) atoms. The van der Waals surface area contributed by atoms with Crippen molar-refractivity contribution in [2.75, 3.05) is 10.0 Å². The average Bonchev–Trinajstić information content (AvgIpc) is 2.71. The van der Waals surface area contributed by atoms with Gasteiger partial charge in [0.15, 0.2) is 0 Å². The highest BCUT2D eigenvalue weighted by Gasteiger charge is 2.30. The molecule has 3 aromatic carbocycles. The maximum absolute atomic E-state index is 12.9. The summed E-state index contributed by atoms with van der Waals surface area (Å²) in [7, 11) is -4.12. The van der Waals surface area contributed by atoms with Gasteiger partial charge in [0.25, 0.3) is 15.9 Å². The van der Waals surface area contributed by atoms with E-state index in [1.807, 2.05) is 13.0 Å². The molecule has 0 aliphatic carbocycles. The number of carbonyl (C=O) groups excluding carboxylic acids is 1. The number of halogens is 4. The van der Waals surface area contributed by atoms with Gasteiger partial charge in [0.1, 0.15) is 4.90 Å². The number of sulfonamides is 1. The van der Waals surface area contributed by atoms with Crippen LogP contribution in [0, 0.1) is 13.8 Å². The van der Waals surface area contributed by atoms with Crippen LogP contribution in [0.15, 0.2) is 65.6 Å². The molecular weight excluding hydrogens is 465 g/mol. The maximum atomic E-state index is 12.9. The highest BCUT2D eigenvalue weighted by Crippen LogP contribution is 2.30. The van der Waals surface area contributed by atoms with Crippen LogP contribution in [-0.2, 0) is 16.2 Å². The number of aryl methyl sites for hydroxylation is 1. The Labute approximate surface area is 188 Å². The molecule has 0 heterocycles. The molecule has 10 heteroatoms. The summed E-state index contributed by atoms with van der Waals surface area (Å²) in [6, 6.07) is 12.7. The quantitative estimate of drug-likeness (QED) is 0.466. The van der Waals surface area contributed by atoms with Gasteiger partial charge >= 0.3 is 6.18 Å². The number of nitrogens with one attached hydrogen (secondary N) is 2. The van der Waals surface area contributed by atoms with Gasteiger partial charge in [-0.1, -0.05) is 23.7 Å². The van der Waals surface area contributed by atoms with Gasteiger partial charge in [0.05, 0.1) is 16.3 Å². The third kappa shape index (κ3) is 5.23. The molecule has 0 unspecified atom stereocenters. The van der Waals surface area contributed by atoms with Gasteiger partial charge in [-0.25, -0.2) is 8.42 Å². The van der Waals surface area contributed by atoms with Crippen LogP contribution >= 0.6 is 11.6 Å². The highest BCUT2D eigenvalue weighted by atomic mass is 35.5. The zero-order valence-corrected chi connectivity index (χ0v) is 18.5. The summed E-state index contributed by atoms with van der Waals surface area (Å²) in [5, 5.41) is 2.35. The Balaban J connectivity index is 1.86. The summed E-state index contributed by atoms with van der Waals surface area (Å²) >= 11 is 6.09. The first-order valence-corrected chi connectivity index (χ1v) is 11.1. The summed E-state index contributed by atoms with van der Waals surface area (Å²) in [4.78, 5) is 12.2. The van der Waals surface area contributed by atoms with E-state index in [0.29, 0.717) is 5.69 Å². The van der Waals surface area contributed by atoms with Crippen LogP contribution in [0.1, 0.15) is 27.0 Å². The molecule has 3 rings (SSSR count). The standard InChI is InChI=1S/C22H18ClF3N2O3S/c1-13-4-3-5-19(14(13)2)28-32(30,31)20-12-15(6-11-18(20)23)21(29)27-17-9-7-16(8-10-17)22(24,25)26/h3-12,28H,1-2H3,(H,27,29). The normalized spacial score (nSPS) is 11.8. The van der Waals surface area contributed by atoms with E-state index in [0.717, 1.165) is 41.5 Å². The first-order chi connectivity index (χ1) is 14.9. The number of rotatable bonds is 5. The maximum Gasteiger partial charge on any atom is 0.416 e. The second kappa shape index (κ2) is 8.84. The Morgan fingerprint density at radius 3 is 2.25 bits per heavy atom. The van der Waals surface area contributed by atoms with E-state index >= 15 is 0 Å². The molecule has 168 valence electrons.